The van der Waals surface area contributed by atoms with Crippen molar-refractivity contribution in [3.05, 3.63) is 70.3 Å². The summed E-state index contributed by atoms with van der Waals surface area (Å²) in [7, 11) is 1.23. The number of likely N-dealkylation sites (N-methyl/N-ethyl adjacent to an activating group) is 1. The molecule has 0 radical (unpaired) electrons. The van der Waals surface area contributed by atoms with Crippen LogP contribution in [0.25, 0.3) is 0 Å². The fourth-order valence-electron chi connectivity index (χ4n) is 4.32. The Hall–Kier alpha value is -3.08. The predicted molar refractivity (Wildman–Crippen MR) is 119 cm³/mol. The first-order valence-corrected chi connectivity index (χ1v) is 11.0. The van der Waals surface area contributed by atoms with E-state index in [-0.39, 0.29) is 17.2 Å². The molecule has 0 spiro atoms. The van der Waals surface area contributed by atoms with Gasteiger partial charge in [0, 0.05) is 12.6 Å². The summed E-state index contributed by atoms with van der Waals surface area (Å²) >= 11 is 0. The first kappa shape index (κ1) is 27.5. The van der Waals surface area contributed by atoms with Crippen molar-refractivity contribution < 1.29 is 41.0 Å². The number of carbonyl (C=O) groups is 2. The number of alkyl halides is 6. The van der Waals surface area contributed by atoms with Gasteiger partial charge in [0.15, 0.2) is 0 Å². The molecule has 5 nitrogen and oxygen atoms in total. The first-order chi connectivity index (χ1) is 16.5. The standard InChI is InChI=1S/C25H26F6N2O3/c1-23(2,3)18(12-34)32-21(35)19-16-7-5-6-8-17(16)22(36)33(4)20(19)13-9-14(24(26,27)28)11-15(10-13)25(29,30)31/h5-11,18-20,34H,12H2,1-4H3,(H,32,35). The Morgan fingerprint density at radius 3 is 2.00 bits per heavy atom. The molecule has 36 heavy (non-hydrogen) atoms. The summed E-state index contributed by atoms with van der Waals surface area (Å²) in [5, 5.41) is 12.5. The molecule has 11 heteroatoms. The average molecular weight is 516 g/mol. The molecule has 3 unspecified atom stereocenters. The Balaban J connectivity index is 2.25. The van der Waals surface area contributed by atoms with Crippen LogP contribution in [0.1, 0.15) is 65.3 Å². The molecule has 3 atom stereocenters. The van der Waals surface area contributed by atoms with E-state index < -0.39 is 70.9 Å². The van der Waals surface area contributed by atoms with Gasteiger partial charge in [0.25, 0.3) is 5.91 Å². The number of amides is 2. The summed E-state index contributed by atoms with van der Waals surface area (Å²) in [4.78, 5) is 27.6. The maximum absolute atomic E-state index is 13.6. The highest BCUT2D eigenvalue weighted by Gasteiger charge is 2.45. The van der Waals surface area contributed by atoms with Crippen LogP contribution in [0.4, 0.5) is 26.3 Å². The number of hydrogen-bond acceptors (Lipinski definition) is 3. The maximum atomic E-state index is 13.6. The molecule has 2 aromatic rings. The largest absolute Gasteiger partial charge is 0.416 e. The fraction of sp³-hybridized carbons (Fsp3) is 0.440. The van der Waals surface area contributed by atoms with Crippen molar-refractivity contribution in [2.75, 3.05) is 13.7 Å². The number of benzene rings is 2. The Kier molecular flexibility index (Phi) is 7.20. The summed E-state index contributed by atoms with van der Waals surface area (Å²) < 4.78 is 81.4. The van der Waals surface area contributed by atoms with Gasteiger partial charge in [-0.1, -0.05) is 39.0 Å². The second-order valence-electron chi connectivity index (χ2n) is 9.87. The number of nitrogens with zero attached hydrogens (tertiary/aromatic N) is 1. The summed E-state index contributed by atoms with van der Waals surface area (Å²) in [6.45, 7) is 4.79. The molecular formula is C25H26F6N2O3. The molecule has 1 heterocycles. The van der Waals surface area contributed by atoms with Gasteiger partial charge >= 0.3 is 12.4 Å². The lowest BCUT2D eigenvalue weighted by Crippen LogP contribution is -2.51. The molecule has 0 fully saturated rings. The molecule has 0 saturated heterocycles. The van der Waals surface area contributed by atoms with Gasteiger partial charge in [-0.3, -0.25) is 9.59 Å². The van der Waals surface area contributed by atoms with Gasteiger partial charge in [-0.05, 0) is 40.8 Å². The number of halogens is 6. The van der Waals surface area contributed by atoms with Crippen molar-refractivity contribution >= 4 is 11.8 Å². The molecule has 3 rings (SSSR count). The van der Waals surface area contributed by atoms with Crippen LogP contribution >= 0.6 is 0 Å². The van der Waals surface area contributed by atoms with E-state index in [9.17, 15) is 41.0 Å². The lowest BCUT2D eigenvalue weighted by atomic mass is 9.78. The number of rotatable bonds is 4. The Labute approximate surface area is 204 Å². The summed E-state index contributed by atoms with van der Waals surface area (Å²) in [6, 6.07) is 4.76. The molecule has 2 amide bonds. The highest BCUT2D eigenvalue weighted by Crippen LogP contribution is 2.45. The molecule has 1 aliphatic heterocycles. The Morgan fingerprint density at radius 1 is 1.00 bits per heavy atom. The van der Waals surface area contributed by atoms with Gasteiger partial charge in [0.2, 0.25) is 5.91 Å². The van der Waals surface area contributed by atoms with Crippen molar-refractivity contribution in [3.8, 4) is 0 Å². The summed E-state index contributed by atoms with van der Waals surface area (Å²) in [5.41, 5.74) is -3.92. The second-order valence-corrected chi connectivity index (χ2v) is 9.87. The number of fused-ring (bicyclic) bond motifs is 1. The molecule has 0 aromatic heterocycles. The summed E-state index contributed by atoms with van der Waals surface area (Å²) in [6.07, 6.45) is -10.2. The SMILES string of the molecule is CN1C(=O)c2ccccc2C(C(=O)NC(CO)C(C)(C)C)C1c1cc(C(F)(F)F)cc(C(F)(F)F)c1. The van der Waals surface area contributed by atoms with Gasteiger partial charge in [0.1, 0.15) is 0 Å². The van der Waals surface area contributed by atoms with Crippen LogP contribution < -0.4 is 5.32 Å². The van der Waals surface area contributed by atoms with E-state index in [1.165, 1.54) is 31.3 Å². The third kappa shape index (κ3) is 5.35. The zero-order chi connectivity index (χ0) is 27.2. The van der Waals surface area contributed by atoms with Crippen molar-refractivity contribution in [2.45, 2.75) is 51.1 Å². The van der Waals surface area contributed by atoms with Crippen molar-refractivity contribution in [1.29, 1.82) is 0 Å². The molecular weight excluding hydrogens is 490 g/mol. The average Bonchev–Trinajstić information content (AvgIpc) is 2.77. The Morgan fingerprint density at radius 2 is 1.53 bits per heavy atom. The van der Waals surface area contributed by atoms with Crippen molar-refractivity contribution in [3.63, 3.8) is 0 Å². The molecule has 0 saturated carbocycles. The minimum atomic E-state index is -5.10. The molecule has 1 aliphatic rings. The number of hydrogen-bond donors (Lipinski definition) is 2. The number of carbonyl (C=O) groups excluding carboxylic acids is 2. The molecule has 196 valence electrons. The quantitative estimate of drug-likeness (QED) is 0.552. The van der Waals surface area contributed by atoms with Crippen LogP contribution in [-0.4, -0.2) is 41.5 Å². The topological polar surface area (TPSA) is 69.6 Å². The van der Waals surface area contributed by atoms with Crippen LogP contribution in [0.3, 0.4) is 0 Å². The molecule has 2 N–H and O–H groups in total. The molecule has 0 bridgehead atoms. The molecule has 2 aromatic carbocycles. The van der Waals surface area contributed by atoms with Gasteiger partial charge < -0.3 is 15.3 Å². The van der Waals surface area contributed by atoms with Crippen LogP contribution in [0, 0.1) is 5.41 Å². The second kappa shape index (κ2) is 9.42. The van der Waals surface area contributed by atoms with Crippen LogP contribution in [0.2, 0.25) is 0 Å². The minimum absolute atomic E-state index is 0.00142. The third-order valence-corrected chi connectivity index (χ3v) is 6.36. The number of aliphatic hydroxyl groups excluding tert-OH is 1. The number of aliphatic hydroxyl groups is 1. The van der Waals surface area contributed by atoms with E-state index in [4.69, 9.17) is 0 Å². The zero-order valence-corrected chi connectivity index (χ0v) is 20.0. The van der Waals surface area contributed by atoms with E-state index in [0.717, 1.165) is 4.90 Å². The Bertz CT molecular complexity index is 1120. The maximum Gasteiger partial charge on any atom is 0.416 e. The van der Waals surface area contributed by atoms with Crippen molar-refractivity contribution in [1.82, 2.24) is 10.2 Å². The smallest absolute Gasteiger partial charge is 0.394 e. The predicted octanol–water partition coefficient (Wildman–Crippen LogP) is 5.16. The van der Waals surface area contributed by atoms with E-state index in [1.54, 1.807) is 20.8 Å². The first-order valence-electron chi connectivity index (χ1n) is 11.0. The van der Waals surface area contributed by atoms with Crippen LogP contribution in [0.15, 0.2) is 42.5 Å². The summed E-state index contributed by atoms with van der Waals surface area (Å²) in [5.74, 6) is -2.74. The lowest BCUT2D eigenvalue weighted by molar-refractivity contribution is -0.143. The fourth-order valence-corrected chi connectivity index (χ4v) is 4.32. The van der Waals surface area contributed by atoms with Gasteiger partial charge in [-0.15, -0.1) is 0 Å². The van der Waals surface area contributed by atoms with E-state index in [0.29, 0.717) is 12.1 Å². The van der Waals surface area contributed by atoms with Crippen LogP contribution in [0.5, 0.6) is 0 Å². The van der Waals surface area contributed by atoms with Crippen molar-refractivity contribution in [2.24, 2.45) is 5.41 Å². The van der Waals surface area contributed by atoms with E-state index in [2.05, 4.69) is 5.32 Å². The number of nitrogens with one attached hydrogen (secondary N) is 1. The minimum Gasteiger partial charge on any atom is -0.394 e. The van der Waals surface area contributed by atoms with E-state index >= 15 is 0 Å². The monoisotopic (exact) mass is 516 g/mol. The van der Waals surface area contributed by atoms with Gasteiger partial charge in [-0.2, -0.15) is 26.3 Å². The lowest BCUT2D eigenvalue weighted by Gasteiger charge is -2.41. The highest BCUT2D eigenvalue weighted by atomic mass is 19.4. The third-order valence-electron chi connectivity index (χ3n) is 6.36. The van der Waals surface area contributed by atoms with E-state index in [1.807, 2.05) is 0 Å². The zero-order valence-electron chi connectivity index (χ0n) is 20.0. The normalized spacial score (nSPS) is 19.6. The van der Waals surface area contributed by atoms with Gasteiger partial charge in [0.05, 0.1) is 35.7 Å². The molecule has 0 aliphatic carbocycles. The van der Waals surface area contributed by atoms with Gasteiger partial charge in [-0.25, -0.2) is 0 Å². The van der Waals surface area contributed by atoms with Crippen LogP contribution in [-0.2, 0) is 17.1 Å². The highest BCUT2D eigenvalue weighted by molar-refractivity contribution is 6.01.